The fraction of sp³-hybridized carbons (Fsp3) is 0.455. The number of anilines is 1. The predicted octanol–water partition coefficient (Wildman–Crippen LogP) is 1.89. The highest BCUT2D eigenvalue weighted by Crippen LogP contribution is 2.29. The van der Waals surface area contributed by atoms with Crippen LogP contribution in [0.2, 0.25) is 0 Å². The van der Waals surface area contributed by atoms with Crippen molar-refractivity contribution >= 4 is 5.82 Å². The van der Waals surface area contributed by atoms with Gasteiger partial charge in [0, 0.05) is 31.4 Å². The molecular weight excluding hydrogens is 392 g/mol. The van der Waals surface area contributed by atoms with Crippen LogP contribution in [0.25, 0.3) is 5.82 Å². The van der Waals surface area contributed by atoms with Crippen molar-refractivity contribution in [1.29, 1.82) is 5.26 Å². The molecule has 158 valence electrons. The number of aromatic nitrogens is 6. The van der Waals surface area contributed by atoms with Crippen LogP contribution in [0, 0.1) is 17.2 Å². The minimum atomic E-state index is -0.116. The molecule has 0 aromatic carbocycles. The van der Waals surface area contributed by atoms with Crippen molar-refractivity contribution in [3.05, 3.63) is 58.0 Å². The van der Waals surface area contributed by atoms with Crippen molar-refractivity contribution in [2.75, 3.05) is 18.0 Å². The molecule has 4 heterocycles. The lowest BCUT2D eigenvalue weighted by atomic mass is 9.93. The van der Waals surface area contributed by atoms with Gasteiger partial charge in [0.25, 0.3) is 5.56 Å². The van der Waals surface area contributed by atoms with Gasteiger partial charge in [0.15, 0.2) is 5.82 Å². The average Bonchev–Trinajstić information content (AvgIpc) is 3.35. The Bertz CT molecular complexity index is 1170. The number of rotatable bonds is 4. The molecule has 9 nitrogen and oxygen atoms in total. The molecule has 0 radical (unpaired) electrons. The molecule has 0 amide bonds. The highest BCUT2D eigenvalue weighted by atomic mass is 16.1. The number of hydrogen-bond acceptors (Lipinski definition) is 7. The van der Waals surface area contributed by atoms with E-state index in [0.29, 0.717) is 23.8 Å². The zero-order valence-electron chi connectivity index (χ0n) is 17.3. The third-order valence-electron chi connectivity index (χ3n) is 6.25. The molecule has 0 bridgehead atoms. The van der Waals surface area contributed by atoms with E-state index >= 15 is 0 Å². The van der Waals surface area contributed by atoms with Crippen LogP contribution in [0.4, 0.5) is 5.82 Å². The number of fused-ring (bicyclic) bond motifs is 1. The highest BCUT2D eigenvalue weighted by molar-refractivity contribution is 5.56. The van der Waals surface area contributed by atoms with Gasteiger partial charge in [-0.15, -0.1) is 5.10 Å². The van der Waals surface area contributed by atoms with E-state index in [1.54, 1.807) is 17.1 Å². The fourth-order valence-corrected chi connectivity index (χ4v) is 4.54. The minimum Gasteiger partial charge on any atom is -0.355 e. The number of aryl methyl sites for hydroxylation is 2. The van der Waals surface area contributed by atoms with Gasteiger partial charge in [-0.25, -0.2) is 19.3 Å². The molecule has 0 N–H and O–H groups in total. The Labute approximate surface area is 180 Å². The van der Waals surface area contributed by atoms with Crippen LogP contribution in [-0.4, -0.2) is 42.6 Å². The third kappa shape index (κ3) is 3.93. The molecule has 0 saturated carbocycles. The van der Waals surface area contributed by atoms with E-state index in [1.165, 1.54) is 35.5 Å². The van der Waals surface area contributed by atoms with Gasteiger partial charge in [0.05, 0.1) is 5.56 Å². The summed E-state index contributed by atoms with van der Waals surface area (Å²) >= 11 is 0. The zero-order chi connectivity index (χ0) is 21.2. The Morgan fingerprint density at radius 1 is 1.16 bits per heavy atom. The summed E-state index contributed by atoms with van der Waals surface area (Å²) in [6.45, 7) is 2.21. The second-order valence-corrected chi connectivity index (χ2v) is 8.27. The van der Waals surface area contributed by atoms with Crippen molar-refractivity contribution < 1.29 is 0 Å². The fourth-order valence-electron chi connectivity index (χ4n) is 4.54. The van der Waals surface area contributed by atoms with E-state index in [4.69, 9.17) is 4.98 Å². The second kappa shape index (κ2) is 8.30. The van der Waals surface area contributed by atoms with E-state index in [1.807, 2.05) is 6.07 Å². The SMILES string of the molecule is N#Cc1cc2c(nc1N1CCC(Cn3nc(-n4cncn4)ccc3=O)CC1)CCCC2. The van der Waals surface area contributed by atoms with Crippen LogP contribution < -0.4 is 10.5 Å². The normalized spacial score (nSPS) is 16.7. The summed E-state index contributed by atoms with van der Waals surface area (Å²) in [7, 11) is 0. The van der Waals surface area contributed by atoms with Crippen LogP contribution in [0.5, 0.6) is 0 Å². The summed E-state index contributed by atoms with van der Waals surface area (Å²) < 4.78 is 3.07. The van der Waals surface area contributed by atoms with Gasteiger partial charge in [-0.3, -0.25) is 4.79 Å². The monoisotopic (exact) mass is 416 g/mol. The van der Waals surface area contributed by atoms with Crippen molar-refractivity contribution in [2.45, 2.75) is 45.1 Å². The molecule has 1 aliphatic heterocycles. The number of hydrogen-bond donors (Lipinski definition) is 0. The summed E-state index contributed by atoms with van der Waals surface area (Å²) in [5.74, 6) is 1.74. The molecule has 31 heavy (non-hydrogen) atoms. The first-order valence-corrected chi connectivity index (χ1v) is 10.8. The summed E-state index contributed by atoms with van der Waals surface area (Å²) in [4.78, 5) is 23.4. The van der Waals surface area contributed by atoms with Crippen molar-refractivity contribution in [1.82, 2.24) is 29.5 Å². The molecular formula is C22H24N8O. The molecule has 0 spiro atoms. The average molecular weight is 416 g/mol. The first kappa shape index (κ1) is 19.4. The van der Waals surface area contributed by atoms with Crippen LogP contribution in [-0.2, 0) is 19.4 Å². The lowest BCUT2D eigenvalue weighted by Gasteiger charge is -2.34. The largest absolute Gasteiger partial charge is 0.355 e. The van der Waals surface area contributed by atoms with Gasteiger partial charge in [-0.2, -0.15) is 10.4 Å². The molecule has 9 heteroatoms. The second-order valence-electron chi connectivity index (χ2n) is 8.27. The smallest absolute Gasteiger partial charge is 0.266 e. The van der Waals surface area contributed by atoms with E-state index in [2.05, 4.69) is 26.2 Å². The summed E-state index contributed by atoms with van der Waals surface area (Å²) in [5, 5.41) is 18.2. The van der Waals surface area contributed by atoms with Crippen LogP contribution in [0.3, 0.4) is 0 Å². The van der Waals surface area contributed by atoms with Crippen LogP contribution in [0.1, 0.15) is 42.5 Å². The number of nitriles is 1. The predicted molar refractivity (Wildman–Crippen MR) is 114 cm³/mol. The maximum absolute atomic E-state index is 12.3. The molecule has 5 rings (SSSR count). The lowest BCUT2D eigenvalue weighted by Crippen LogP contribution is -2.38. The van der Waals surface area contributed by atoms with Crippen molar-refractivity contribution in [3.63, 3.8) is 0 Å². The van der Waals surface area contributed by atoms with Gasteiger partial charge in [-0.05, 0) is 62.1 Å². The summed E-state index contributed by atoms with van der Waals surface area (Å²) in [5.41, 5.74) is 2.95. The summed E-state index contributed by atoms with van der Waals surface area (Å²) in [6, 6.07) is 7.57. The Kier molecular flexibility index (Phi) is 5.20. The third-order valence-corrected chi connectivity index (χ3v) is 6.25. The maximum atomic E-state index is 12.3. The Balaban J connectivity index is 1.29. The standard InChI is InChI=1S/C22H24N8O/c23-12-18-11-17-3-1-2-4-19(17)26-22(18)28-9-7-16(8-10-28)13-29-21(31)6-5-20(27-29)30-15-24-14-25-30/h5-6,11,14-16H,1-4,7-10,13H2. The Morgan fingerprint density at radius 3 is 2.77 bits per heavy atom. The van der Waals surface area contributed by atoms with E-state index in [0.717, 1.165) is 50.3 Å². The van der Waals surface area contributed by atoms with Gasteiger partial charge in [-0.1, -0.05) is 0 Å². The van der Waals surface area contributed by atoms with Crippen LogP contribution in [0.15, 0.2) is 35.6 Å². The van der Waals surface area contributed by atoms with Gasteiger partial charge >= 0.3 is 0 Å². The van der Waals surface area contributed by atoms with Crippen molar-refractivity contribution in [3.8, 4) is 11.9 Å². The Morgan fingerprint density at radius 2 is 2.00 bits per heavy atom. The van der Waals surface area contributed by atoms with Gasteiger partial charge < -0.3 is 4.90 Å². The van der Waals surface area contributed by atoms with E-state index in [-0.39, 0.29) is 5.56 Å². The topological polar surface area (TPSA) is 106 Å². The minimum absolute atomic E-state index is 0.116. The lowest BCUT2D eigenvalue weighted by molar-refractivity contribution is 0.333. The first-order valence-electron chi connectivity index (χ1n) is 10.8. The Hall–Kier alpha value is -3.54. The number of nitrogens with zero attached hydrogens (tertiary/aromatic N) is 8. The van der Waals surface area contributed by atoms with E-state index < -0.39 is 0 Å². The van der Waals surface area contributed by atoms with Crippen molar-refractivity contribution in [2.24, 2.45) is 5.92 Å². The molecule has 0 atom stereocenters. The first-order chi connectivity index (χ1) is 15.2. The summed E-state index contributed by atoms with van der Waals surface area (Å²) in [6.07, 6.45) is 9.22. The zero-order valence-corrected chi connectivity index (χ0v) is 17.3. The van der Waals surface area contributed by atoms with E-state index in [9.17, 15) is 10.1 Å². The van der Waals surface area contributed by atoms with Crippen LogP contribution >= 0.6 is 0 Å². The van der Waals surface area contributed by atoms with Gasteiger partial charge in [0.2, 0.25) is 0 Å². The molecule has 1 aliphatic carbocycles. The molecule has 3 aromatic heterocycles. The molecule has 2 aliphatic rings. The quantitative estimate of drug-likeness (QED) is 0.639. The molecule has 1 fully saturated rings. The van der Waals surface area contributed by atoms with Gasteiger partial charge in [0.1, 0.15) is 24.5 Å². The molecule has 0 unspecified atom stereocenters. The highest BCUT2D eigenvalue weighted by Gasteiger charge is 2.25. The number of piperidine rings is 1. The molecule has 3 aromatic rings. The maximum Gasteiger partial charge on any atom is 0.266 e. The molecule has 1 saturated heterocycles. The number of pyridine rings is 1.